The van der Waals surface area contributed by atoms with Gasteiger partial charge in [-0.15, -0.1) is 0 Å². The average Bonchev–Trinajstić information content (AvgIpc) is 2.78. The zero-order valence-corrected chi connectivity index (χ0v) is 9.61. The predicted octanol–water partition coefficient (Wildman–Crippen LogP) is 0.376. The molecule has 0 radical (unpaired) electrons. The fourth-order valence-electron chi connectivity index (χ4n) is 2.40. The predicted molar refractivity (Wildman–Crippen MR) is 59.1 cm³/mol. The van der Waals surface area contributed by atoms with Gasteiger partial charge < -0.3 is 20.5 Å². The van der Waals surface area contributed by atoms with Crippen LogP contribution in [0.2, 0.25) is 0 Å². The monoisotopic (exact) mass is 228 g/mol. The van der Waals surface area contributed by atoms with Crippen molar-refractivity contribution >= 4 is 6.03 Å². The van der Waals surface area contributed by atoms with E-state index in [-0.39, 0.29) is 24.3 Å². The summed E-state index contributed by atoms with van der Waals surface area (Å²) in [4.78, 5) is 11.5. The number of nitrogens with one attached hydrogen (secondary N) is 2. The van der Waals surface area contributed by atoms with Gasteiger partial charge in [0.15, 0.2) is 0 Å². The standard InChI is InChI=1S/C11H20N2O3/c1-7(14)4-5-12-11(15)13-9-6-8-2-3-10(9)16-8/h7-10,14H,2-6H2,1H3,(H2,12,13,15). The molecule has 5 nitrogen and oxygen atoms in total. The van der Waals surface area contributed by atoms with Crippen molar-refractivity contribution in [2.45, 2.75) is 57.0 Å². The van der Waals surface area contributed by atoms with Gasteiger partial charge in [0.2, 0.25) is 0 Å². The maximum atomic E-state index is 11.5. The molecular formula is C11H20N2O3. The summed E-state index contributed by atoms with van der Waals surface area (Å²) in [7, 11) is 0. The van der Waals surface area contributed by atoms with Crippen LogP contribution in [0.15, 0.2) is 0 Å². The molecule has 2 bridgehead atoms. The molecule has 2 aliphatic rings. The molecule has 2 aliphatic heterocycles. The van der Waals surface area contributed by atoms with Crippen LogP contribution < -0.4 is 10.6 Å². The van der Waals surface area contributed by atoms with Crippen LogP contribution in [0.1, 0.15) is 32.6 Å². The Balaban J connectivity index is 1.64. The number of rotatable bonds is 4. The highest BCUT2D eigenvalue weighted by molar-refractivity contribution is 5.74. The number of ether oxygens (including phenoxy) is 1. The molecule has 4 unspecified atom stereocenters. The minimum absolute atomic E-state index is 0.151. The van der Waals surface area contributed by atoms with E-state index in [1.807, 2.05) is 0 Å². The van der Waals surface area contributed by atoms with Crippen molar-refractivity contribution in [2.24, 2.45) is 0 Å². The van der Waals surface area contributed by atoms with Crippen molar-refractivity contribution < 1.29 is 14.6 Å². The lowest BCUT2D eigenvalue weighted by Gasteiger charge is -2.20. The van der Waals surface area contributed by atoms with Crippen molar-refractivity contribution in [3.05, 3.63) is 0 Å². The first-order valence-electron chi connectivity index (χ1n) is 6.03. The molecule has 2 saturated heterocycles. The van der Waals surface area contributed by atoms with Gasteiger partial charge in [-0.1, -0.05) is 0 Å². The Morgan fingerprint density at radius 2 is 2.38 bits per heavy atom. The smallest absolute Gasteiger partial charge is 0.315 e. The highest BCUT2D eigenvalue weighted by atomic mass is 16.5. The van der Waals surface area contributed by atoms with Gasteiger partial charge in [0.1, 0.15) is 0 Å². The van der Waals surface area contributed by atoms with Gasteiger partial charge in [0, 0.05) is 6.54 Å². The van der Waals surface area contributed by atoms with E-state index in [1.54, 1.807) is 6.92 Å². The van der Waals surface area contributed by atoms with E-state index in [1.165, 1.54) is 0 Å². The molecule has 4 atom stereocenters. The quantitative estimate of drug-likeness (QED) is 0.651. The van der Waals surface area contributed by atoms with Crippen LogP contribution in [0, 0.1) is 0 Å². The number of hydrogen-bond acceptors (Lipinski definition) is 3. The normalized spacial score (nSPS) is 33.8. The van der Waals surface area contributed by atoms with Crippen LogP contribution in [-0.2, 0) is 4.74 Å². The van der Waals surface area contributed by atoms with E-state index >= 15 is 0 Å². The Kier molecular flexibility index (Phi) is 3.66. The Morgan fingerprint density at radius 3 is 2.94 bits per heavy atom. The van der Waals surface area contributed by atoms with Gasteiger partial charge in [-0.3, -0.25) is 0 Å². The van der Waals surface area contributed by atoms with E-state index in [0.717, 1.165) is 19.3 Å². The molecule has 2 rings (SSSR count). The van der Waals surface area contributed by atoms with Crippen molar-refractivity contribution in [1.82, 2.24) is 10.6 Å². The molecule has 16 heavy (non-hydrogen) atoms. The molecule has 0 aromatic carbocycles. The molecule has 2 heterocycles. The summed E-state index contributed by atoms with van der Waals surface area (Å²) in [5.41, 5.74) is 0. The second kappa shape index (κ2) is 5.01. The third kappa shape index (κ3) is 2.86. The zero-order chi connectivity index (χ0) is 11.5. The third-order valence-corrected chi connectivity index (χ3v) is 3.27. The van der Waals surface area contributed by atoms with E-state index in [2.05, 4.69) is 10.6 Å². The highest BCUT2D eigenvalue weighted by Crippen LogP contribution is 2.34. The molecule has 0 saturated carbocycles. The Morgan fingerprint density at radius 1 is 1.56 bits per heavy atom. The molecule has 5 heteroatoms. The molecule has 92 valence electrons. The largest absolute Gasteiger partial charge is 0.393 e. The summed E-state index contributed by atoms with van der Waals surface area (Å²) < 4.78 is 5.65. The van der Waals surface area contributed by atoms with Crippen LogP contribution in [0.3, 0.4) is 0 Å². The summed E-state index contributed by atoms with van der Waals surface area (Å²) in [5, 5.41) is 14.7. The third-order valence-electron chi connectivity index (χ3n) is 3.27. The fourth-order valence-corrected chi connectivity index (χ4v) is 2.40. The van der Waals surface area contributed by atoms with Gasteiger partial charge in [-0.05, 0) is 32.6 Å². The molecule has 2 fully saturated rings. The molecule has 0 aliphatic carbocycles. The first-order valence-corrected chi connectivity index (χ1v) is 6.03. The topological polar surface area (TPSA) is 70.6 Å². The van der Waals surface area contributed by atoms with Gasteiger partial charge in [0.25, 0.3) is 0 Å². The number of carbonyl (C=O) groups is 1. The summed E-state index contributed by atoms with van der Waals surface area (Å²) in [6.07, 6.45) is 3.91. The van der Waals surface area contributed by atoms with Gasteiger partial charge in [-0.2, -0.15) is 0 Å². The molecule has 0 spiro atoms. The Hall–Kier alpha value is -0.810. The van der Waals surface area contributed by atoms with Crippen LogP contribution in [0.5, 0.6) is 0 Å². The zero-order valence-electron chi connectivity index (χ0n) is 9.61. The Bertz CT molecular complexity index is 258. The second-order valence-electron chi connectivity index (χ2n) is 4.75. The van der Waals surface area contributed by atoms with E-state index in [4.69, 9.17) is 9.84 Å². The van der Waals surface area contributed by atoms with E-state index in [0.29, 0.717) is 19.1 Å². The minimum atomic E-state index is -0.369. The van der Waals surface area contributed by atoms with Crippen LogP contribution >= 0.6 is 0 Å². The first kappa shape index (κ1) is 11.7. The second-order valence-corrected chi connectivity index (χ2v) is 4.75. The van der Waals surface area contributed by atoms with Crippen LogP contribution in [-0.4, -0.2) is 42.0 Å². The highest BCUT2D eigenvalue weighted by Gasteiger charge is 2.41. The van der Waals surface area contributed by atoms with Crippen molar-refractivity contribution in [3.8, 4) is 0 Å². The van der Waals surface area contributed by atoms with Crippen molar-refractivity contribution in [1.29, 1.82) is 0 Å². The summed E-state index contributed by atoms with van der Waals surface area (Å²) in [6.45, 7) is 2.22. The average molecular weight is 228 g/mol. The number of amides is 2. The van der Waals surface area contributed by atoms with Crippen LogP contribution in [0.25, 0.3) is 0 Å². The summed E-state index contributed by atoms with van der Waals surface area (Å²) in [6, 6.07) is 0.0205. The minimum Gasteiger partial charge on any atom is -0.393 e. The fraction of sp³-hybridized carbons (Fsp3) is 0.909. The number of carbonyl (C=O) groups excluding carboxylic acids is 1. The number of aliphatic hydroxyl groups excluding tert-OH is 1. The maximum Gasteiger partial charge on any atom is 0.315 e. The lowest BCUT2D eigenvalue weighted by molar-refractivity contribution is 0.0980. The lowest BCUT2D eigenvalue weighted by Crippen LogP contribution is -2.46. The number of urea groups is 1. The van der Waals surface area contributed by atoms with E-state index < -0.39 is 0 Å². The number of fused-ring (bicyclic) bond motifs is 2. The lowest BCUT2D eigenvalue weighted by atomic mass is 9.96. The van der Waals surface area contributed by atoms with Gasteiger partial charge >= 0.3 is 6.03 Å². The van der Waals surface area contributed by atoms with Gasteiger partial charge in [-0.25, -0.2) is 4.79 Å². The summed E-state index contributed by atoms with van der Waals surface area (Å²) >= 11 is 0. The SMILES string of the molecule is CC(O)CCNC(=O)NC1CC2CCC1O2. The van der Waals surface area contributed by atoms with Gasteiger partial charge in [0.05, 0.1) is 24.4 Å². The Labute approximate surface area is 95.5 Å². The maximum absolute atomic E-state index is 11.5. The van der Waals surface area contributed by atoms with Crippen molar-refractivity contribution in [3.63, 3.8) is 0 Å². The van der Waals surface area contributed by atoms with E-state index in [9.17, 15) is 4.79 Å². The molecule has 0 aromatic heterocycles. The molecular weight excluding hydrogens is 208 g/mol. The molecule has 2 amide bonds. The number of aliphatic hydroxyl groups is 1. The first-order chi connectivity index (χ1) is 7.65. The van der Waals surface area contributed by atoms with Crippen molar-refractivity contribution in [2.75, 3.05) is 6.54 Å². The van der Waals surface area contributed by atoms with Crippen LogP contribution in [0.4, 0.5) is 4.79 Å². The molecule has 0 aromatic rings. The molecule has 3 N–H and O–H groups in total. The number of hydrogen-bond donors (Lipinski definition) is 3. The summed E-state index contributed by atoms with van der Waals surface area (Å²) in [5.74, 6) is 0.